The number of non-ortho nitro benzene ring substituents is 2. The molecule has 8 rings (SSSR count). The minimum absolute atomic E-state index is 0.0352. The maximum atomic E-state index is 11.4. The first-order valence-electron chi connectivity index (χ1n) is 16.7. The van der Waals surface area contributed by atoms with Crippen molar-refractivity contribution in [2.24, 2.45) is 0 Å². The fraction of sp³-hybridized carbons (Fsp3) is 0. The van der Waals surface area contributed by atoms with Gasteiger partial charge in [0.1, 0.15) is 0 Å². The summed E-state index contributed by atoms with van der Waals surface area (Å²) >= 11 is 0. The Balaban J connectivity index is 1.16. The highest BCUT2D eigenvalue weighted by Gasteiger charge is 2.19. The second-order valence-corrected chi connectivity index (χ2v) is 12.3. The van der Waals surface area contributed by atoms with Gasteiger partial charge in [-0.2, -0.15) is 0 Å². The monoisotopic (exact) mass is 678 g/mol. The van der Waals surface area contributed by atoms with Gasteiger partial charge in [0.2, 0.25) is 0 Å². The number of anilines is 6. The van der Waals surface area contributed by atoms with E-state index in [2.05, 4.69) is 107 Å². The van der Waals surface area contributed by atoms with Crippen molar-refractivity contribution in [2.75, 3.05) is 9.80 Å². The van der Waals surface area contributed by atoms with E-state index in [4.69, 9.17) is 0 Å². The van der Waals surface area contributed by atoms with E-state index in [-0.39, 0.29) is 21.2 Å². The van der Waals surface area contributed by atoms with Crippen molar-refractivity contribution in [2.45, 2.75) is 0 Å². The highest BCUT2D eigenvalue weighted by molar-refractivity contribution is 6.00. The maximum Gasteiger partial charge on any atom is 0.269 e. The maximum absolute atomic E-state index is 11.4. The van der Waals surface area contributed by atoms with E-state index >= 15 is 0 Å². The van der Waals surface area contributed by atoms with Crippen LogP contribution in [0.3, 0.4) is 0 Å². The average Bonchev–Trinajstić information content (AvgIpc) is 3.19. The molecule has 0 aliphatic rings. The van der Waals surface area contributed by atoms with E-state index in [0.29, 0.717) is 0 Å². The molecule has 0 heterocycles. The van der Waals surface area contributed by atoms with Crippen LogP contribution in [-0.2, 0) is 0 Å². The summed E-state index contributed by atoms with van der Waals surface area (Å²) in [5.74, 6) is 0. The van der Waals surface area contributed by atoms with Crippen LogP contribution in [-0.4, -0.2) is 9.85 Å². The normalized spacial score (nSPS) is 11.0. The molecule has 8 heteroatoms. The standard InChI is InChI=1S/C44H30N4O4/c49-47(50)39-27-23-37(24-28-39)45(43-13-5-9-33-7-1-3-11-41(33)43)35-19-15-31(16-20-35)32-17-21-36(22-18-32)46(38-25-29-40(30-26-38)48(51)52)44-14-6-10-34-8-2-4-12-42(34)44/h1-30H. The third-order valence-electron chi connectivity index (χ3n) is 9.24. The van der Waals surface area contributed by atoms with Crippen LogP contribution in [0.15, 0.2) is 182 Å². The smallest absolute Gasteiger partial charge is 0.269 e. The molecule has 250 valence electrons. The average molecular weight is 679 g/mol. The Morgan fingerprint density at radius 2 is 0.654 bits per heavy atom. The van der Waals surface area contributed by atoms with Gasteiger partial charge in [0.05, 0.1) is 21.2 Å². The predicted octanol–water partition coefficient (Wildman–Crippen LogP) is 12.4. The molecule has 0 unspecified atom stereocenters. The number of benzene rings is 8. The Labute approximate surface area is 299 Å². The lowest BCUT2D eigenvalue weighted by atomic mass is 10.0. The first-order chi connectivity index (χ1) is 25.4. The zero-order valence-corrected chi connectivity index (χ0v) is 27.7. The molecular weight excluding hydrogens is 649 g/mol. The van der Waals surface area contributed by atoms with E-state index in [1.165, 1.54) is 24.3 Å². The van der Waals surface area contributed by atoms with Crippen molar-refractivity contribution in [1.29, 1.82) is 0 Å². The van der Waals surface area contributed by atoms with Crippen LogP contribution >= 0.6 is 0 Å². The number of nitrogens with zero attached hydrogens (tertiary/aromatic N) is 4. The second-order valence-electron chi connectivity index (χ2n) is 12.3. The van der Waals surface area contributed by atoms with Crippen LogP contribution in [0.2, 0.25) is 0 Å². The van der Waals surface area contributed by atoms with Gasteiger partial charge in [-0.15, -0.1) is 0 Å². The van der Waals surface area contributed by atoms with Crippen LogP contribution in [0.4, 0.5) is 45.5 Å². The Morgan fingerprint density at radius 1 is 0.346 bits per heavy atom. The number of hydrogen-bond acceptors (Lipinski definition) is 6. The Morgan fingerprint density at radius 3 is 1.00 bits per heavy atom. The van der Waals surface area contributed by atoms with Gasteiger partial charge in [0, 0.05) is 57.8 Å². The fourth-order valence-corrected chi connectivity index (χ4v) is 6.71. The second kappa shape index (κ2) is 13.5. The quantitative estimate of drug-likeness (QED) is 0.111. The molecule has 0 fully saturated rings. The summed E-state index contributed by atoms with van der Waals surface area (Å²) in [6.45, 7) is 0. The molecule has 52 heavy (non-hydrogen) atoms. The zero-order valence-electron chi connectivity index (χ0n) is 27.7. The minimum Gasteiger partial charge on any atom is -0.310 e. The molecule has 0 aliphatic heterocycles. The largest absolute Gasteiger partial charge is 0.310 e. The van der Waals surface area contributed by atoms with Gasteiger partial charge >= 0.3 is 0 Å². The van der Waals surface area contributed by atoms with E-state index < -0.39 is 0 Å². The molecule has 0 spiro atoms. The molecule has 0 aliphatic carbocycles. The van der Waals surface area contributed by atoms with Crippen molar-refractivity contribution < 1.29 is 9.85 Å². The summed E-state index contributed by atoms with van der Waals surface area (Å²) in [4.78, 5) is 26.3. The third-order valence-corrected chi connectivity index (χ3v) is 9.24. The molecule has 0 saturated heterocycles. The zero-order chi connectivity index (χ0) is 35.6. The number of nitro groups is 2. The lowest BCUT2D eigenvalue weighted by Gasteiger charge is -2.27. The van der Waals surface area contributed by atoms with E-state index in [1.807, 2.05) is 36.4 Å². The molecule has 8 aromatic carbocycles. The van der Waals surface area contributed by atoms with E-state index in [9.17, 15) is 20.2 Å². The highest BCUT2D eigenvalue weighted by atomic mass is 16.6. The van der Waals surface area contributed by atoms with Crippen LogP contribution < -0.4 is 9.80 Å². The van der Waals surface area contributed by atoms with Crippen molar-refractivity contribution in [3.05, 3.63) is 202 Å². The van der Waals surface area contributed by atoms with E-state index in [1.54, 1.807) is 24.3 Å². The molecule has 0 amide bonds. The Hall–Kier alpha value is -7.32. The van der Waals surface area contributed by atoms with Crippen molar-refractivity contribution in [3.8, 4) is 11.1 Å². The van der Waals surface area contributed by atoms with Crippen molar-refractivity contribution >= 4 is 67.0 Å². The van der Waals surface area contributed by atoms with Gasteiger partial charge in [0.25, 0.3) is 11.4 Å². The Kier molecular flexibility index (Phi) is 8.31. The minimum atomic E-state index is -0.390. The first kappa shape index (κ1) is 31.9. The van der Waals surface area contributed by atoms with Gasteiger partial charge in [0.15, 0.2) is 0 Å². The van der Waals surface area contributed by atoms with Gasteiger partial charge < -0.3 is 9.80 Å². The molecular formula is C44H30N4O4. The molecule has 8 nitrogen and oxygen atoms in total. The molecule has 0 saturated carbocycles. The predicted molar refractivity (Wildman–Crippen MR) is 210 cm³/mol. The van der Waals surface area contributed by atoms with Gasteiger partial charge in [-0.25, -0.2) is 0 Å². The Bertz CT molecular complexity index is 2380. The van der Waals surface area contributed by atoms with Crippen LogP contribution in [0.25, 0.3) is 32.7 Å². The van der Waals surface area contributed by atoms with Crippen LogP contribution in [0.1, 0.15) is 0 Å². The number of rotatable bonds is 9. The van der Waals surface area contributed by atoms with E-state index in [0.717, 1.165) is 66.8 Å². The molecule has 0 aromatic heterocycles. The van der Waals surface area contributed by atoms with Gasteiger partial charge in [-0.05, 0) is 82.6 Å². The van der Waals surface area contributed by atoms with Crippen LogP contribution in [0.5, 0.6) is 0 Å². The molecule has 0 atom stereocenters. The lowest BCUT2D eigenvalue weighted by molar-refractivity contribution is -0.385. The molecule has 0 N–H and O–H groups in total. The molecule has 0 bridgehead atoms. The molecule has 0 radical (unpaired) electrons. The van der Waals surface area contributed by atoms with Crippen molar-refractivity contribution in [3.63, 3.8) is 0 Å². The summed E-state index contributed by atoms with van der Waals surface area (Å²) < 4.78 is 0. The summed E-state index contributed by atoms with van der Waals surface area (Å²) in [7, 11) is 0. The fourth-order valence-electron chi connectivity index (χ4n) is 6.71. The SMILES string of the molecule is O=[N+]([O-])c1ccc(N(c2ccc(-c3ccc(N(c4ccc([N+](=O)[O-])cc4)c4cccc5ccccc45)cc3)cc2)c2cccc3ccccc23)cc1. The lowest BCUT2D eigenvalue weighted by Crippen LogP contribution is -2.10. The summed E-state index contributed by atoms with van der Waals surface area (Å²) in [5, 5.41) is 27.2. The molecule has 8 aromatic rings. The number of fused-ring (bicyclic) bond motifs is 2. The highest BCUT2D eigenvalue weighted by Crippen LogP contribution is 2.42. The summed E-state index contributed by atoms with van der Waals surface area (Å²) in [5.41, 5.74) is 7.45. The number of nitro benzene ring substituents is 2. The summed E-state index contributed by atoms with van der Waals surface area (Å²) in [6.07, 6.45) is 0. The van der Waals surface area contributed by atoms with Crippen molar-refractivity contribution in [1.82, 2.24) is 0 Å². The topological polar surface area (TPSA) is 92.8 Å². The number of hydrogen-bond donors (Lipinski definition) is 0. The van der Waals surface area contributed by atoms with Gasteiger partial charge in [-0.1, -0.05) is 97.1 Å². The first-order valence-corrected chi connectivity index (χ1v) is 16.7. The van der Waals surface area contributed by atoms with Gasteiger partial charge in [-0.3, -0.25) is 20.2 Å². The summed E-state index contributed by atoms with van der Waals surface area (Å²) in [6, 6.07) is 58.4. The van der Waals surface area contributed by atoms with Crippen LogP contribution in [0, 0.1) is 20.2 Å². The third kappa shape index (κ3) is 6.05.